The molecule has 10 saturated carbocycles. The van der Waals surface area contributed by atoms with Crippen LogP contribution in [0, 0.1) is 87.8 Å². The molecule has 0 aromatic heterocycles. The van der Waals surface area contributed by atoms with Crippen molar-refractivity contribution >= 4 is 27.9 Å². The number of methoxy groups -OCH3 is 4. The van der Waals surface area contributed by atoms with Crippen molar-refractivity contribution in [1.29, 1.82) is 0 Å². The van der Waals surface area contributed by atoms with Crippen molar-refractivity contribution in [2.24, 2.45) is 87.8 Å². The Morgan fingerprint density at radius 2 is 1.36 bits per heavy atom. The van der Waals surface area contributed by atoms with Crippen molar-refractivity contribution < 1.29 is 28.5 Å². The summed E-state index contributed by atoms with van der Waals surface area (Å²) in [7, 11) is 6.88. The second kappa shape index (κ2) is 3.98. The van der Waals surface area contributed by atoms with Crippen LogP contribution in [-0.2, 0) is 28.5 Å². The molecule has 0 N–H and O–H groups in total. The first kappa shape index (κ1) is 17.5. The number of ether oxygens (including phenoxy) is 4. The first-order valence-electron chi connectivity index (χ1n) is 12.6. The lowest BCUT2D eigenvalue weighted by Crippen LogP contribution is -2.61. The predicted octanol–water partition coefficient (Wildman–Crippen LogP) is 1.67. The van der Waals surface area contributed by atoms with Crippen molar-refractivity contribution in [3.05, 3.63) is 11.1 Å². The van der Waals surface area contributed by atoms with Crippen LogP contribution in [0.5, 0.6) is 0 Å². The summed E-state index contributed by atoms with van der Waals surface area (Å²) >= 11 is 4.42. The van der Waals surface area contributed by atoms with Gasteiger partial charge in [-0.3, -0.25) is 9.59 Å². The summed E-state index contributed by atoms with van der Waals surface area (Å²) in [5, 5.41) is 0. The molecule has 10 fully saturated rings. The highest BCUT2D eigenvalue weighted by molar-refractivity contribution is 9.10. The third-order valence-corrected chi connectivity index (χ3v) is 16.2. The molecule has 18 atom stereocenters. The van der Waals surface area contributed by atoms with Crippen LogP contribution in [0.15, 0.2) is 11.1 Å². The second-order valence-electron chi connectivity index (χ2n) is 13.2. The second-order valence-corrected chi connectivity index (χ2v) is 14.5. The van der Waals surface area contributed by atoms with Gasteiger partial charge < -0.3 is 18.9 Å². The molecular weight excluding hydrogens is 488 g/mol. The number of esters is 2. The van der Waals surface area contributed by atoms with Crippen LogP contribution in [0.4, 0.5) is 0 Å². The quantitative estimate of drug-likeness (QED) is 0.324. The molecule has 0 heterocycles. The standard InChI is InChI=1S/C26H25BrO6/c1-30-20(28)22-11-5-6-12-7(11)9-15(22)17-16-10-8(13(5)25(16,22)32-3)14(6)26(33-4)19(10)24(17,27)18(9)23(12,26)21(29)31-2/h5-15,18-19H,1-4H3/t5-,6+,7+,8-,9-,10+,11-,12+,13+,14-,15-,18-,19-,22-,23+,24+,25-,26+/m0/s1. The Balaban J connectivity index is 1.40. The molecule has 0 aromatic carbocycles. The van der Waals surface area contributed by atoms with E-state index in [1.807, 2.05) is 14.2 Å². The fourth-order valence-corrected chi connectivity index (χ4v) is 18.2. The topological polar surface area (TPSA) is 71.1 Å². The molecule has 172 valence electrons. The molecule has 7 heteroatoms. The normalized spacial score (nSPS) is 76.7. The maximum Gasteiger partial charge on any atom is 0.316 e. The van der Waals surface area contributed by atoms with E-state index in [1.54, 1.807) is 14.2 Å². The molecule has 0 saturated heterocycles. The zero-order valence-electron chi connectivity index (χ0n) is 18.8. The van der Waals surface area contributed by atoms with E-state index in [-0.39, 0.29) is 45.9 Å². The van der Waals surface area contributed by atoms with Gasteiger partial charge >= 0.3 is 11.9 Å². The highest BCUT2D eigenvalue weighted by Crippen LogP contribution is 3.08. The summed E-state index contributed by atoms with van der Waals surface area (Å²) in [4.78, 5) is 28.2. The lowest BCUT2D eigenvalue weighted by molar-refractivity contribution is -0.194. The fourth-order valence-electron chi connectivity index (χ4n) is 16.4. The number of hydrogen-bond acceptors (Lipinski definition) is 6. The maximum absolute atomic E-state index is 14.1. The lowest BCUT2D eigenvalue weighted by Gasteiger charge is -2.49. The van der Waals surface area contributed by atoms with E-state index in [2.05, 4.69) is 15.9 Å². The van der Waals surface area contributed by atoms with Crippen molar-refractivity contribution in [1.82, 2.24) is 0 Å². The number of rotatable bonds is 4. The molecule has 12 aliphatic carbocycles. The van der Waals surface area contributed by atoms with Gasteiger partial charge in [0.2, 0.25) is 0 Å². The smallest absolute Gasteiger partial charge is 0.316 e. The number of carbonyl (C=O) groups is 2. The van der Waals surface area contributed by atoms with Crippen molar-refractivity contribution in [2.75, 3.05) is 28.4 Å². The number of hydrogen-bond donors (Lipinski definition) is 0. The summed E-state index contributed by atoms with van der Waals surface area (Å²) in [5.74, 6) is 4.04. The van der Waals surface area contributed by atoms with Gasteiger partial charge in [-0.2, -0.15) is 0 Å². The minimum absolute atomic E-state index is 0.0314. The first-order chi connectivity index (χ1) is 15.9. The Kier molecular flexibility index (Phi) is 2.11. The Hall–Kier alpha value is -0.920. The van der Waals surface area contributed by atoms with Gasteiger partial charge in [0.25, 0.3) is 0 Å². The van der Waals surface area contributed by atoms with E-state index in [0.29, 0.717) is 47.3 Å². The minimum Gasteiger partial charge on any atom is -0.468 e. The summed E-state index contributed by atoms with van der Waals surface area (Å²) in [6, 6.07) is 0. The Morgan fingerprint density at radius 3 is 2.03 bits per heavy atom. The SMILES string of the molecule is COC(=O)[C@@]12[C@@H]3[C@H]4[C@H]5[C@H]6[C@H]3[C@@H]3[C@@H]1[C@]1(Br)C7=C8[C@H]9[C@H]([C@H]4[C@@]2(OC)[C@@H]91)[C@@H]5[C@@]8(OC)[C@]6(C(=O)OC)[C@H]73. The fraction of sp³-hybridized carbons (Fsp3) is 0.846. The molecule has 12 aliphatic rings. The maximum atomic E-state index is 14.1. The van der Waals surface area contributed by atoms with E-state index in [0.717, 1.165) is 0 Å². The molecule has 0 amide bonds. The highest BCUT2D eigenvalue weighted by Gasteiger charge is 3.12. The van der Waals surface area contributed by atoms with Gasteiger partial charge in [0, 0.05) is 37.9 Å². The van der Waals surface area contributed by atoms with Crippen molar-refractivity contribution in [3.8, 4) is 0 Å². The Labute approximate surface area is 199 Å². The first-order valence-corrected chi connectivity index (χ1v) is 13.4. The summed E-state index contributed by atoms with van der Waals surface area (Å²) in [6.45, 7) is 0. The van der Waals surface area contributed by atoms with Crippen LogP contribution in [0.3, 0.4) is 0 Å². The molecule has 0 bridgehead atoms. The van der Waals surface area contributed by atoms with Gasteiger partial charge in [-0.15, -0.1) is 0 Å². The molecule has 0 aromatic rings. The van der Waals surface area contributed by atoms with Crippen LogP contribution >= 0.6 is 15.9 Å². The van der Waals surface area contributed by atoms with Gasteiger partial charge in [-0.25, -0.2) is 0 Å². The molecule has 6 nitrogen and oxygen atoms in total. The predicted molar refractivity (Wildman–Crippen MR) is 112 cm³/mol. The van der Waals surface area contributed by atoms with Crippen LogP contribution in [0.2, 0.25) is 0 Å². The zero-order chi connectivity index (χ0) is 22.1. The molecule has 0 aliphatic heterocycles. The molecule has 33 heavy (non-hydrogen) atoms. The lowest BCUT2D eigenvalue weighted by atomic mass is 9.59. The largest absolute Gasteiger partial charge is 0.468 e. The third-order valence-electron chi connectivity index (χ3n) is 14.8. The average molecular weight is 513 g/mol. The van der Waals surface area contributed by atoms with Crippen LogP contribution in [0.25, 0.3) is 0 Å². The van der Waals surface area contributed by atoms with E-state index >= 15 is 0 Å². The molecule has 0 radical (unpaired) electrons. The van der Waals surface area contributed by atoms with Crippen LogP contribution in [0.1, 0.15) is 0 Å². The van der Waals surface area contributed by atoms with Gasteiger partial charge in [0.05, 0.1) is 24.1 Å². The molecule has 0 unspecified atom stereocenters. The minimum atomic E-state index is -0.595. The zero-order valence-corrected chi connectivity index (χ0v) is 20.4. The summed E-state index contributed by atoms with van der Waals surface area (Å²) in [6.07, 6.45) is 0. The van der Waals surface area contributed by atoms with Gasteiger partial charge in [0.15, 0.2) is 0 Å². The number of halogens is 1. The van der Waals surface area contributed by atoms with Gasteiger partial charge in [-0.05, 0) is 64.4 Å². The van der Waals surface area contributed by atoms with E-state index in [4.69, 9.17) is 18.9 Å². The number of allylic oxidation sites excluding steroid dienone is 1. The number of alkyl halides is 1. The van der Waals surface area contributed by atoms with Crippen LogP contribution < -0.4 is 0 Å². The molecular formula is C26H25BrO6. The summed E-state index contributed by atoms with van der Waals surface area (Å²) in [5.41, 5.74) is 0.766. The third kappa shape index (κ3) is 0.877. The van der Waals surface area contributed by atoms with E-state index < -0.39 is 22.0 Å². The number of carbonyl (C=O) groups excluding carboxylic acids is 2. The van der Waals surface area contributed by atoms with Gasteiger partial charge in [0.1, 0.15) is 16.4 Å². The van der Waals surface area contributed by atoms with Crippen LogP contribution in [-0.4, -0.2) is 55.9 Å². The highest BCUT2D eigenvalue weighted by atomic mass is 79.9. The monoisotopic (exact) mass is 512 g/mol. The Bertz CT molecular complexity index is 1280. The van der Waals surface area contributed by atoms with Crippen molar-refractivity contribution in [3.63, 3.8) is 0 Å². The van der Waals surface area contributed by atoms with E-state index in [9.17, 15) is 9.59 Å². The Morgan fingerprint density at radius 1 is 0.727 bits per heavy atom. The molecule has 0 spiro atoms. The average Bonchev–Trinajstić information content (AvgIpc) is 3.60. The molecule has 12 rings (SSSR count). The summed E-state index contributed by atoms with van der Waals surface area (Å²) < 4.78 is 24.7. The van der Waals surface area contributed by atoms with Gasteiger partial charge in [-0.1, -0.05) is 15.9 Å². The van der Waals surface area contributed by atoms with Crippen molar-refractivity contribution in [2.45, 2.75) is 15.5 Å². The van der Waals surface area contributed by atoms with E-state index in [1.165, 1.54) is 11.1 Å².